The molecule has 0 spiro atoms. The first-order chi connectivity index (χ1) is 13.1. The smallest absolute Gasteiger partial charge is 0.261 e. The zero-order valence-corrected chi connectivity index (χ0v) is 17.0. The molecule has 0 aromatic heterocycles. The Balaban J connectivity index is 1.97. The number of hydrogen-bond donors (Lipinski definition) is 2. The van der Waals surface area contributed by atoms with Crippen molar-refractivity contribution in [2.75, 3.05) is 5.75 Å². The number of nitrogens with one attached hydrogen (secondary N) is 1. The van der Waals surface area contributed by atoms with Crippen LogP contribution >= 0.6 is 11.9 Å². The fraction of sp³-hybridized carbons (Fsp3) is 0.500. The molecule has 1 aromatic rings. The number of hydroxylamine groups is 1. The van der Waals surface area contributed by atoms with Gasteiger partial charge in [-0.15, -0.1) is 0 Å². The second kappa shape index (κ2) is 9.58. The van der Waals surface area contributed by atoms with Crippen LogP contribution in [0.5, 0.6) is 0 Å². The van der Waals surface area contributed by atoms with E-state index in [0.717, 1.165) is 18.1 Å². The van der Waals surface area contributed by atoms with Gasteiger partial charge in [-0.05, 0) is 55.6 Å². The van der Waals surface area contributed by atoms with E-state index in [0.29, 0.717) is 6.42 Å². The molecule has 1 aliphatic carbocycles. The predicted octanol–water partition coefficient (Wildman–Crippen LogP) is 4.48. The Kier molecular flexibility index (Phi) is 7.16. The molecule has 1 fully saturated rings. The molecule has 0 bridgehead atoms. The first-order valence-electron chi connectivity index (χ1n) is 9.86. The summed E-state index contributed by atoms with van der Waals surface area (Å²) < 4.78 is 2.23. The van der Waals surface area contributed by atoms with Crippen molar-refractivity contribution >= 4 is 17.9 Å². The number of nitrogens with zero attached hydrogens (tertiary/aromatic N) is 1. The van der Waals surface area contributed by atoms with Gasteiger partial charge >= 0.3 is 0 Å². The summed E-state index contributed by atoms with van der Waals surface area (Å²) in [6.07, 6.45) is 4.16. The number of rotatable bonds is 4. The summed E-state index contributed by atoms with van der Waals surface area (Å²) in [5.41, 5.74) is 4.51. The van der Waals surface area contributed by atoms with Gasteiger partial charge in [-0.1, -0.05) is 67.4 Å². The standard InChI is InChI=1S/C22H30N2O2S/c1-16-13-21(22(25)23-26)24(27-15-18-11-12-18)17(2)14-19-9-7-5-3-4-6-8-10-20(16)19/h3-10,16-18,21,26H,11-15H2,1-2H3,(H,23,25). The third-order valence-corrected chi connectivity index (χ3v) is 6.97. The molecule has 5 heteroatoms. The van der Waals surface area contributed by atoms with Gasteiger partial charge in [0.25, 0.3) is 5.91 Å². The molecule has 0 radical (unpaired) electrons. The molecule has 3 rings (SSSR count). The average Bonchev–Trinajstić information content (AvgIpc) is 3.48. The molecular weight excluding hydrogens is 356 g/mol. The van der Waals surface area contributed by atoms with Gasteiger partial charge in [0.1, 0.15) is 6.04 Å². The third-order valence-electron chi connectivity index (χ3n) is 5.43. The Bertz CT molecular complexity index is 706. The van der Waals surface area contributed by atoms with E-state index < -0.39 is 0 Å². The van der Waals surface area contributed by atoms with Crippen molar-refractivity contribution in [2.24, 2.45) is 5.92 Å². The number of fused-ring (bicyclic) bond motifs is 1. The summed E-state index contributed by atoms with van der Waals surface area (Å²) in [6.45, 7) is 4.36. The van der Waals surface area contributed by atoms with Crippen LogP contribution in [0.15, 0.2) is 48.5 Å². The predicted molar refractivity (Wildman–Crippen MR) is 111 cm³/mol. The van der Waals surface area contributed by atoms with E-state index >= 15 is 0 Å². The lowest BCUT2D eigenvalue weighted by Crippen LogP contribution is -2.48. The van der Waals surface area contributed by atoms with Crippen LogP contribution in [0.4, 0.5) is 0 Å². The van der Waals surface area contributed by atoms with Gasteiger partial charge in [-0.2, -0.15) is 0 Å². The number of amides is 1. The van der Waals surface area contributed by atoms with Crippen LogP contribution in [-0.4, -0.2) is 33.3 Å². The highest BCUT2D eigenvalue weighted by molar-refractivity contribution is 7.97. The maximum atomic E-state index is 12.5. The molecule has 1 heterocycles. The van der Waals surface area contributed by atoms with Gasteiger partial charge in [0, 0.05) is 11.8 Å². The summed E-state index contributed by atoms with van der Waals surface area (Å²) in [7, 11) is 0. The van der Waals surface area contributed by atoms with Crippen LogP contribution in [0.1, 0.15) is 50.2 Å². The maximum absolute atomic E-state index is 12.5. The Hall–Kier alpha value is -1.56. The van der Waals surface area contributed by atoms with E-state index in [2.05, 4.69) is 48.5 Å². The largest absolute Gasteiger partial charge is 0.289 e. The second-order valence-electron chi connectivity index (χ2n) is 7.75. The van der Waals surface area contributed by atoms with Gasteiger partial charge in [0.2, 0.25) is 0 Å². The first kappa shape index (κ1) is 20.2. The minimum atomic E-state index is -0.332. The maximum Gasteiger partial charge on any atom is 0.261 e. The molecular formula is C22H30N2O2S. The van der Waals surface area contributed by atoms with E-state index in [4.69, 9.17) is 0 Å². The molecule has 27 heavy (non-hydrogen) atoms. The highest BCUT2D eigenvalue weighted by atomic mass is 32.2. The normalized spacial score (nSPS) is 25.5. The second-order valence-corrected chi connectivity index (χ2v) is 8.76. The lowest BCUT2D eigenvalue weighted by molar-refractivity contribution is -0.133. The molecule has 1 amide bonds. The molecule has 3 unspecified atom stereocenters. The highest BCUT2D eigenvalue weighted by Crippen LogP contribution is 2.38. The van der Waals surface area contributed by atoms with Crippen molar-refractivity contribution in [3.8, 4) is 0 Å². The zero-order valence-electron chi connectivity index (χ0n) is 16.2. The van der Waals surface area contributed by atoms with Crippen molar-refractivity contribution in [3.63, 3.8) is 0 Å². The lowest BCUT2D eigenvalue weighted by Gasteiger charge is -2.38. The minimum absolute atomic E-state index is 0.203. The van der Waals surface area contributed by atoms with Crippen molar-refractivity contribution < 1.29 is 10.0 Å². The summed E-state index contributed by atoms with van der Waals surface area (Å²) in [5, 5.41) is 9.32. The Labute approximate surface area is 166 Å². The van der Waals surface area contributed by atoms with Crippen LogP contribution < -0.4 is 5.48 Å². The summed E-state index contributed by atoms with van der Waals surface area (Å²) in [6, 6.07) is 16.5. The minimum Gasteiger partial charge on any atom is -0.289 e. The molecule has 146 valence electrons. The topological polar surface area (TPSA) is 52.6 Å². The average molecular weight is 387 g/mol. The molecule has 1 aromatic carbocycles. The van der Waals surface area contributed by atoms with E-state index in [1.807, 2.05) is 23.7 Å². The SMILES string of the molecule is CC1CC(C(=O)NO)N(SCC2CC2)C(C)Cc2ccccccccc21. The fourth-order valence-corrected chi connectivity index (χ4v) is 5.14. The van der Waals surface area contributed by atoms with Gasteiger partial charge in [-0.3, -0.25) is 10.0 Å². The molecule has 0 saturated heterocycles. The van der Waals surface area contributed by atoms with E-state index in [-0.39, 0.29) is 23.9 Å². The first-order valence-corrected chi connectivity index (χ1v) is 10.8. The third kappa shape index (κ3) is 5.47. The van der Waals surface area contributed by atoms with Crippen LogP contribution in [0.25, 0.3) is 0 Å². The van der Waals surface area contributed by atoms with Crippen molar-refractivity contribution in [1.82, 2.24) is 9.79 Å². The van der Waals surface area contributed by atoms with E-state index in [1.165, 1.54) is 24.0 Å². The van der Waals surface area contributed by atoms with Gasteiger partial charge in [0.15, 0.2) is 0 Å². The molecule has 1 saturated carbocycles. The monoisotopic (exact) mass is 386 g/mol. The quantitative estimate of drug-likeness (QED) is 0.455. The Morgan fingerprint density at radius 2 is 1.81 bits per heavy atom. The van der Waals surface area contributed by atoms with Crippen LogP contribution in [0, 0.1) is 5.92 Å². The number of carbonyl (C=O) groups is 1. The summed E-state index contributed by atoms with van der Waals surface area (Å²) in [4.78, 5) is 12.5. The molecule has 3 atom stereocenters. The van der Waals surface area contributed by atoms with Gasteiger partial charge in [-0.25, -0.2) is 9.79 Å². The molecule has 2 aliphatic rings. The van der Waals surface area contributed by atoms with Crippen LogP contribution in [0.3, 0.4) is 0 Å². The summed E-state index contributed by atoms with van der Waals surface area (Å²) >= 11 is 1.78. The van der Waals surface area contributed by atoms with E-state index in [1.54, 1.807) is 11.9 Å². The van der Waals surface area contributed by atoms with Crippen molar-refractivity contribution in [3.05, 3.63) is 59.7 Å². The Morgan fingerprint density at radius 3 is 2.48 bits per heavy atom. The Morgan fingerprint density at radius 1 is 1.15 bits per heavy atom. The highest BCUT2D eigenvalue weighted by Gasteiger charge is 2.35. The number of hydrogen-bond acceptors (Lipinski definition) is 4. The van der Waals surface area contributed by atoms with Crippen LogP contribution in [0.2, 0.25) is 0 Å². The fourth-order valence-electron chi connectivity index (χ4n) is 3.73. The van der Waals surface area contributed by atoms with Gasteiger partial charge in [0.05, 0.1) is 0 Å². The zero-order chi connectivity index (χ0) is 19.2. The number of carbonyl (C=O) groups excluding carboxylic acids is 1. The summed E-state index contributed by atoms with van der Waals surface area (Å²) in [5.74, 6) is 1.76. The van der Waals surface area contributed by atoms with E-state index in [9.17, 15) is 10.0 Å². The molecule has 1 aliphatic heterocycles. The van der Waals surface area contributed by atoms with Crippen molar-refractivity contribution in [2.45, 2.75) is 57.5 Å². The van der Waals surface area contributed by atoms with Crippen molar-refractivity contribution in [1.29, 1.82) is 0 Å². The van der Waals surface area contributed by atoms with Crippen LogP contribution in [-0.2, 0) is 11.2 Å². The van der Waals surface area contributed by atoms with Gasteiger partial charge < -0.3 is 0 Å². The molecule has 4 nitrogen and oxygen atoms in total. The molecule has 2 N–H and O–H groups in total. The lowest BCUT2D eigenvalue weighted by atomic mass is 9.86.